The summed E-state index contributed by atoms with van der Waals surface area (Å²) in [5.41, 5.74) is 1.40. The highest BCUT2D eigenvalue weighted by Gasteiger charge is 2.36. The highest BCUT2D eigenvalue weighted by Crippen LogP contribution is 2.37. The number of para-hydroxylation sites is 1. The van der Waals surface area contributed by atoms with E-state index >= 15 is 0 Å². The van der Waals surface area contributed by atoms with E-state index in [1.165, 1.54) is 4.90 Å². The number of fused-ring (bicyclic) bond motifs is 1. The minimum absolute atomic E-state index is 0.0488. The maximum atomic E-state index is 12.9. The molecule has 0 saturated heterocycles. The molecule has 0 atom stereocenters. The van der Waals surface area contributed by atoms with E-state index < -0.39 is 11.7 Å². The standard InChI is InChI=1S/C20H19ClN2O3/c1-20(2,3)26-19(25)22-16-14-10-7-11-15(21)17(14)23(18(16)24)12-13-8-5-4-6-9-13/h4-11H,12H2,1-3H3/b22-16-. The fraction of sp³-hybridized carbons (Fsp3) is 0.250. The molecule has 134 valence electrons. The second-order valence-corrected chi connectivity index (χ2v) is 7.36. The molecule has 1 aliphatic heterocycles. The number of benzene rings is 2. The molecule has 0 fully saturated rings. The summed E-state index contributed by atoms with van der Waals surface area (Å²) in [4.78, 5) is 30.5. The summed E-state index contributed by atoms with van der Waals surface area (Å²) in [6.45, 7) is 5.57. The number of anilines is 1. The van der Waals surface area contributed by atoms with E-state index in [2.05, 4.69) is 4.99 Å². The number of nitrogens with zero attached hydrogens (tertiary/aromatic N) is 2. The van der Waals surface area contributed by atoms with E-state index in [0.29, 0.717) is 22.8 Å². The molecule has 0 bridgehead atoms. The zero-order valence-corrected chi connectivity index (χ0v) is 15.6. The Balaban J connectivity index is 2.00. The molecule has 2 aromatic rings. The number of ether oxygens (including phenoxy) is 1. The summed E-state index contributed by atoms with van der Waals surface area (Å²) in [5.74, 6) is -0.372. The molecule has 0 aromatic heterocycles. The van der Waals surface area contributed by atoms with Crippen LogP contribution in [0.2, 0.25) is 5.02 Å². The van der Waals surface area contributed by atoms with Crippen LogP contribution in [-0.4, -0.2) is 23.3 Å². The minimum Gasteiger partial charge on any atom is -0.442 e. The van der Waals surface area contributed by atoms with Gasteiger partial charge in [0, 0.05) is 5.56 Å². The SMILES string of the molecule is CC(C)(C)OC(=O)/N=C1\C(=O)N(Cc2ccccc2)c2c(Cl)cccc21. The topological polar surface area (TPSA) is 59.0 Å². The summed E-state index contributed by atoms with van der Waals surface area (Å²) < 4.78 is 5.22. The maximum Gasteiger partial charge on any atom is 0.434 e. The van der Waals surface area contributed by atoms with Gasteiger partial charge in [-0.25, -0.2) is 4.79 Å². The molecule has 2 aromatic carbocycles. The monoisotopic (exact) mass is 370 g/mol. The summed E-state index contributed by atoms with van der Waals surface area (Å²) in [6, 6.07) is 14.7. The lowest BCUT2D eigenvalue weighted by atomic mass is 10.1. The number of carbonyl (C=O) groups excluding carboxylic acids is 2. The molecule has 0 unspecified atom stereocenters. The quantitative estimate of drug-likeness (QED) is 0.775. The van der Waals surface area contributed by atoms with Crippen LogP contribution >= 0.6 is 11.6 Å². The number of amides is 2. The lowest BCUT2D eigenvalue weighted by molar-refractivity contribution is -0.112. The van der Waals surface area contributed by atoms with Crippen molar-refractivity contribution in [1.82, 2.24) is 0 Å². The highest BCUT2D eigenvalue weighted by molar-refractivity contribution is 6.56. The van der Waals surface area contributed by atoms with Crippen LogP contribution in [0, 0.1) is 0 Å². The van der Waals surface area contributed by atoms with Crippen molar-refractivity contribution in [3.63, 3.8) is 0 Å². The van der Waals surface area contributed by atoms with Crippen LogP contribution in [0.3, 0.4) is 0 Å². The van der Waals surface area contributed by atoms with Crippen LogP contribution < -0.4 is 4.90 Å². The molecule has 3 rings (SSSR count). The fourth-order valence-corrected chi connectivity index (χ4v) is 3.00. The Morgan fingerprint density at radius 3 is 2.46 bits per heavy atom. The van der Waals surface area contributed by atoms with E-state index in [4.69, 9.17) is 16.3 Å². The van der Waals surface area contributed by atoms with Gasteiger partial charge in [0.1, 0.15) is 11.3 Å². The van der Waals surface area contributed by atoms with Crippen molar-refractivity contribution in [1.29, 1.82) is 0 Å². The first-order valence-corrected chi connectivity index (χ1v) is 8.60. The van der Waals surface area contributed by atoms with E-state index in [1.807, 2.05) is 30.3 Å². The molecule has 0 aliphatic carbocycles. The number of aliphatic imine (C=N–C) groups is 1. The largest absolute Gasteiger partial charge is 0.442 e. The van der Waals surface area contributed by atoms with Gasteiger partial charge < -0.3 is 9.64 Å². The average molecular weight is 371 g/mol. The molecule has 0 radical (unpaired) electrons. The summed E-state index contributed by atoms with van der Waals surface area (Å²) >= 11 is 6.34. The van der Waals surface area contributed by atoms with Gasteiger partial charge in [-0.05, 0) is 32.4 Å². The van der Waals surface area contributed by atoms with Gasteiger partial charge in [0.05, 0.1) is 17.3 Å². The number of halogens is 1. The van der Waals surface area contributed by atoms with Gasteiger partial charge in [0.25, 0.3) is 5.91 Å². The molecule has 1 aliphatic rings. The van der Waals surface area contributed by atoms with Crippen molar-refractivity contribution in [3.05, 3.63) is 64.7 Å². The van der Waals surface area contributed by atoms with Crippen molar-refractivity contribution in [3.8, 4) is 0 Å². The molecule has 2 amide bonds. The maximum absolute atomic E-state index is 12.9. The first kappa shape index (κ1) is 18.1. The van der Waals surface area contributed by atoms with Gasteiger partial charge in [-0.3, -0.25) is 4.79 Å². The Kier molecular flexibility index (Phi) is 4.83. The average Bonchev–Trinajstić information content (AvgIpc) is 2.81. The third-order valence-electron chi connectivity index (χ3n) is 3.74. The fourth-order valence-electron chi connectivity index (χ4n) is 2.73. The predicted octanol–water partition coefficient (Wildman–Crippen LogP) is 4.61. The molecule has 0 saturated carbocycles. The second kappa shape index (κ2) is 6.92. The van der Waals surface area contributed by atoms with Crippen molar-refractivity contribution in [2.24, 2.45) is 4.99 Å². The zero-order valence-electron chi connectivity index (χ0n) is 14.8. The molecule has 0 N–H and O–H groups in total. The van der Waals surface area contributed by atoms with Gasteiger partial charge in [-0.1, -0.05) is 54.1 Å². The van der Waals surface area contributed by atoms with Gasteiger partial charge >= 0.3 is 6.09 Å². The van der Waals surface area contributed by atoms with Crippen LogP contribution in [0.4, 0.5) is 10.5 Å². The van der Waals surface area contributed by atoms with Crippen molar-refractivity contribution in [2.75, 3.05) is 4.90 Å². The third kappa shape index (κ3) is 3.78. The summed E-state index contributed by atoms with van der Waals surface area (Å²) in [5, 5.41) is 0.432. The Labute approximate surface area is 157 Å². The van der Waals surface area contributed by atoms with Crippen molar-refractivity contribution >= 4 is 35.0 Å². The van der Waals surface area contributed by atoms with Crippen LogP contribution in [0.1, 0.15) is 31.9 Å². The molecule has 26 heavy (non-hydrogen) atoms. The van der Waals surface area contributed by atoms with E-state index in [9.17, 15) is 9.59 Å². The molecular formula is C20H19ClN2O3. The third-order valence-corrected chi connectivity index (χ3v) is 4.04. The van der Waals surface area contributed by atoms with Gasteiger partial charge in [0.15, 0.2) is 0 Å². The molecule has 6 heteroatoms. The van der Waals surface area contributed by atoms with Crippen LogP contribution in [0.15, 0.2) is 53.5 Å². The summed E-state index contributed by atoms with van der Waals surface area (Å²) in [7, 11) is 0. The Bertz CT molecular complexity index is 886. The predicted molar refractivity (Wildman–Crippen MR) is 102 cm³/mol. The van der Waals surface area contributed by atoms with Gasteiger partial charge in [-0.15, -0.1) is 0 Å². The lowest BCUT2D eigenvalue weighted by Gasteiger charge is -2.18. The first-order valence-electron chi connectivity index (χ1n) is 8.22. The Hall–Kier alpha value is -2.66. The Morgan fingerprint density at radius 1 is 1.12 bits per heavy atom. The number of rotatable bonds is 2. The number of carbonyl (C=O) groups is 2. The molecule has 0 spiro atoms. The number of hydrogen-bond donors (Lipinski definition) is 0. The zero-order chi connectivity index (χ0) is 18.9. The van der Waals surface area contributed by atoms with E-state index in [-0.39, 0.29) is 11.6 Å². The first-order chi connectivity index (χ1) is 12.3. The highest BCUT2D eigenvalue weighted by atomic mass is 35.5. The van der Waals surface area contributed by atoms with E-state index in [1.54, 1.807) is 39.0 Å². The van der Waals surface area contributed by atoms with Crippen LogP contribution in [-0.2, 0) is 16.1 Å². The van der Waals surface area contributed by atoms with Crippen molar-refractivity contribution < 1.29 is 14.3 Å². The van der Waals surface area contributed by atoms with Gasteiger partial charge in [0.2, 0.25) is 0 Å². The molecule has 1 heterocycles. The number of hydrogen-bond acceptors (Lipinski definition) is 3. The smallest absolute Gasteiger partial charge is 0.434 e. The minimum atomic E-state index is -0.798. The lowest BCUT2D eigenvalue weighted by Crippen LogP contribution is -2.30. The van der Waals surface area contributed by atoms with Crippen molar-refractivity contribution in [2.45, 2.75) is 32.9 Å². The van der Waals surface area contributed by atoms with Crippen LogP contribution in [0.25, 0.3) is 0 Å². The Morgan fingerprint density at radius 2 is 1.81 bits per heavy atom. The van der Waals surface area contributed by atoms with Crippen LogP contribution in [0.5, 0.6) is 0 Å². The second-order valence-electron chi connectivity index (χ2n) is 6.95. The van der Waals surface area contributed by atoms with E-state index in [0.717, 1.165) is 5.56 Å². The molecule has 5 nitrogen and oxygen atoms in total. The van der Waals surface area contributed by atoms with Gasteiger partial charge in [-0.2, -0.15) is 4.99 Å². The molecular weight excluding hydrogens is 352 g/mol. The summed E-state index contributed by atoms with van der Waals surface area (Å²) in [6.07, 6.45) is -0.798. The normalized spacial score (nSPS) is 15.3.